The summed E-state index contributed by atoms with van der Waals surface area (Å²) in [5.74, 6) is 0.490. The van der Waals surface area contributed by atoms with E-state index in [1.807, 2.05) is 44.2 Å². The lowest BCUT2D eigenvalue weighted by Crippen LogP contribution is -2.64. The molecular weight excluding hydrogens is 626 g/mol. The zero-order chi connectivity index (χ0) is 37.1. The molecule has 0 heterocycles. The number of amides is 1. The van der Waals surface area contributed by atoms with Gasteiger partial charge in [-0.25, -0.2) is 19.4 Å². The molecule has 1 aromatic rings. The molecule has 7 nitrogen and oxygen atoms in total. The summed E-state index contributed by atoms with van der Waals surface area (Å²) in [5, 5.41) is 2.90. The van der Waals surface area contributed by atoms with E-state index in [9.17, 15) is 19.2 Å². The van der Waals surface area contributed by atoms with E-state index in [0.29, 0.717) is 23.2 Å². The third-order valence-corrected chi connectivity index (χ3v) is 14.8. The summed E-state index contributed by atoms with van der Waals surface area (Å²) in [5.41, 5.74) is 2.61. The summed E-state index contributed by atoms with van der Waals surface area (Å²) in [4.78, 5) is 59.3. The maximum absolute atomic E-state index is 13.6. The number of allylic oxidation sites excluding steroid dienone is 1. The van der Waals surface area contributed by atoms with Gasteiger partial charge in [0.25, 0.3) is 0 Å². The average molecular weight is 690 g/mol. The number of hydrogen-bond donors (Lipinski definition) is 1. The van der Waals surface area contributed by atoms with Crippen LogP contribution in [0.5, 0.6) is 0 Å². The van der Waals surface area contributed by atoms with Gasteiger partial charge in [-0.15, -0.1) is 0 Å². The van der Waals surface area contributed by atoms with Crippen LogP contribution in [0.25, 0.3) is 0 Å². The first-order valence-electron chi connectivity index (χ1n) is 19.2. The molecular formula is C43H63NO6. The third kappa shape index (κ3) is 6.16. The van der Waals surface area contributed by atoms with Gasteiger partial charge in [-0.3, -0.25) is 9.59 Å². The Morgan fingerprint density at radius 2 is 1.48 bits per heavy atom. The highest BCUT2D eigenvalue weighted by atomic mass is 17.2. The Kier molecular flexibility index (Phi) is 10.1. The van der Waals surface area contributed by atoms with Gasteiger partial charge in [0.15, 0.2) is 5.78 Å². The Balaban J connectivity index is 0.000000315. The van der Waals surface area contributed by atoms with E-state index >= 15 is 0 Å². The van der Waals surface area contributed by atoms with E-state index in [1.54, 1.807) is 0 Å². The van der Waals surface area contributed by atoms with Crippen molar-refractivity contribution in [1.82, 2.24) is 5.32 Å². The largest absolute Gasteiger partial charge is 0.366 e. The van der Waals surface area contributed by atoms with Crippen LogP contribution in [0.3, 0.4) is 0 Å². The topological polar surface area (TPSA) is 98.8 Å². The highest BCUT2D eigenvalue weighted by Gasteiger charge is 2.70. The van der Waals surface area contributed by atoms with Crippen molar-refractivity contribution in [3.8, 4) is 0 Å². The summed E-state index contributed by atoms with van der Waals surface area (Å²) in [6, 6.07) is 9.93. The molecule has 5 aliphatic carbocycles. The lowest BCUT2D eigenvalue weighted by Gasteiger charge is -2.71. The first kappa shape index (κ1) is 38.3. The number of carbonyl (C=O) groups is 4. The molecule has 1 N–H and O–H groups in total. The maximum Gasteiger partial charge on any atom is 0.366 e. The quantitative estimate of drug-likeness (QED) is 0.250. The molecule has 0 bridgehead atoms. The minimum absolute atomic E-state index is 0.00569. The van der Waals surface area contributed by atoms with E-state index < -0.39 is 17.4 Å². The average Bonchev–Trinajstić information content (AvgIpc) is 3.33. The molecule has 276 valence electrons. The molecule has 0 unspecified atom stereocenters. The highest BCUT2D eigenvalue weighted by molar-refractivity contribution is 6.06. The molecule has 1 aromatic carbocycles. The molecule has 0 radical (unpaired) electrons. The number of hydrogen-bond acceptors (Lipinski definition) is 6. The van der Waals surface area contributed by atoms with Crippen LogP contribution >= 0.6 is 0 Å². The number of benzene rings is 1. The summed E-state index contributed by atoms with van der Waals surface area (Å²) in [6.07, 6.45) is 10.3. The van der Waals surface area contributed by atoms with Gasteiger partial charge in [-0.1, -0.05) is 85.2 Å². The molecule has 4 saturated carbocycles. The third-order valence-electron chi connectivity index (χ3n) is 14.8. The van der Waals surface area contributed by atoms with Gasteiger partial charge in [-0.2, -0.15) is 0 Å². The number of rotatable bonds is 4. The van der Waals surface area contributed by atoms with E-state index in [0.717, 1.165) is 41.9 Å². The molecule has 0 spiro atoms. The fourth-order valence-electron chi connectivity index (χ4n) is 12.5. The number of ketones is 1. The van der Waals surface area contributed by atoms with E-state index in [2.05, 4.69) is 53.8 Å². The smallest absolute Gasteiger partial charge is 0.347 e. The van der Waals surface area contributed by atoms with Crippen molar-refractivity contribution in [3.05, 3.63) is 47.0 Å². The highest BCUT2D eigenvalue weighted by Crippen LogP contribution is 2.76. The van der Waals surface area contributed by atoms with Crippen molar-refractivity contribution in [2.24, 2.45) is 50.7 Å². The van der Waals surface area contributed by atoms with Crippen molar-refractivity contribution in [2.45, 2.75) is 146 Å². The zero-order valence-corrected chi connectivity index (χ0v) is 32.7. The Morgan fingerprint density at radius 1 is 0.820 bits per heavy atom. The molecule has 7 heteroatoms. The van der Waals surface area contributed by atoms with Crippen molar-refractivity contribution in [2.75, 3.05) is 0 Å². The number of nitrogens with one attached hydrogen (secondary N) is 1. The second kappa shape index (κ2) is 13.2. The number of fused-ring (bicyclic) bond motifs is 7. The molecule has 7 atom stereocenters. The SMILES string of the molecule is CC(=O)NC(C)(C)c1ccccc1.CC(=O)OOC(=O)[C@@]12CC[C@]3(C)[C@H](CC[C@@H]4[C@@]5(C)CCCC(C)(C)[C@@H]5CC[C@]43C)C1=C(C(C)C)C(=O)C2. The molecule has 0 saturated heterocycles. The van der Waals surface area contributed by atoms with E-state index in [1.165, 1.54) is 46.0 Å². The monoisotopic (exact) mass is 689 g/mol. The predicted molar refractivity (Wildman–Crippen MR) is 195 cm³/mol. The second-order valence-electron chi connectivity index (χ2n) is 18.7. The van der Waals surface area contributed by atoms with Crippen molar-refractivity contribution < 1.29 is 29.0 Å². The van der Waals surface area contributed by atoms with Crippen LogP contribution in [-0.2, 0) is 34.5 Å². The maximum atomic E-state index is 13.6. The first-order valence-corrected chi connectivity index (χ1v) is 19.2. The normalized spacial score (nSPS) is 35.8. The van der Waals surface area contributed by atoms with Crippen LogP contribution in [0, 0.1) is 50.7 Å². The van der Waals surface area contributed by atoms with Crippen LogP contribution in [0.1, 0.15) is 146 Å². The molecule has 0 aromatic heterocycles. The van der Waals surface area contributed by atoms with Gasteiger partial charge in [0.2, 0.25) is 5.91 Å². The van der Waals surface area contributed by atoms with Crippen molar-refractivity contribution >= 4 is 23.6 Å². The summed E-state index contributed by atoms with van der Waals surface area (Å²) >= 11 is 0. The van der Waals surface area contributed by atoms with Crippen LogP contribution in [0.15, 0.2) is 41.5 Å². The minimum Gasteiger partial charge on any atom is -0.347 e. The minimum atomic E-state index is -0.993. The van der Waals surface area contributed by atoms with Gasteiger partial charge in [0.05, 0.1) is 5.54 Å². The van der Waals surface area contributed by atoms with Crippen LogP contribution in [0.4, 0.5) is 0 Å². The van der Waals surface area contributed by atoms with Crippen molar-refractivity contribution in [1.29, 1.82) is 0 Å². The second-order valence-corrected chi connectivity index (χ2v) is 18.7. The molecule has 5 aliphatic rings. The summed E-state index contributed by atoms with van der Waals surface area (Å²) in [6.45, 7) is 23.5. The summed E-state index contributed by atoms with van der Waals surface area (Å²) in [7, 11) is 0. The van der Waals surface area contributed by atoms with Gasteiger partial charge in [-0.05, 0) is 127 Å². The number of carbonyl (C=O) groups excluding carboxylic acids is 4. The Hall–Kier alpha value is -2.96. The van der Waals surface area contributed by atoms with Crippen LogP contribution in [-0.4, -0.2) is 23.6 Å². The standard InChI is InChI=1S/C32H48O5.C11H15NO/c1-19(2)25-22(34)18-32(27(35)37-36-20(3)33)17-16-30(7)21(26(25)32)10-11-24-29(6)14-9-13-28(4,5)23(29)12-15-31(24,30)8;1-9(13)12-11(2,3)10-7-5-4-6-8-10/h19,21,23-24H,9-18H2,1-8H3;4-8H,1-3H3,(H,12,13)/t21-,23+,24-,29+,30-,31-,32-;/m1./s1. The Morgan fingerprint density at radius 3 is 2.08 bits per heavy atom. The fourth-order valence-corrected chi connectivity index (χ4v) is 12.5. The molecule has 4 fully saturated rings. The molecule has 0 aliphatic heterocycles. The van der Waals surface area contributed by atoms with Gasteiger partial charge in [0.1, 0.15) is 5.41 Å². The van der Waals surface area contributed by atoms with Gasteiger partial charge in [0, 0.05) is 20.3 Å². The van der Waals surface area contributed by atoms with E-state index in [-0.39, 0.29) is 46.3 Å². The van der Waals surface area contributed by atoms with E-state index in [4.69, 9.17) is 9.78 Å². The van der Waals surface area contributed by atoms with Crippen LogP contribution < -0.4 is 5.32 Å². The fraction of sp³-hybridized carbons (Fsp3) is 0.721. The predicted octanol–water partition coefficient (Wildman–Crippen LogP) is 9.44. The Bertz CT molecular complexity index is 1540. The lowest BCUT2D eigenvalue weighted by atomic mass is 9.33. The van der Waals surface area contributed by atoms with Gasteiger partial charge < -0.3 is 5.32 Å². The van der Waals surface area contributed by atoms with Crippen molar-refractivity contribution in [3.63, 3.8) is 0 Å². The lowest BCUT2D eigenvalue weighted by molar-refractivity contribution is -0.267. The van der Waals surface area contributed by atoms with Crippen LogP contribution in [0.2, 0.25) is 0 Å². The van der Waals surface area contributed by atoms with Gasteiger partial charge >= 0.3 is 11.9 Å². The number of Topliss-reactive ketones (excluding diaryl/α,β-unsaturated/α-hetero) is 1. The molecule has 1 amide bonds. The molecule has 50 heavy (non-hydrogen) atoms. The first-order chi connectivity index (χ1) is 23.2. The summed E-state index contributed by atoms with van der Waals surface area (Å²) < 4.78 is 0. The zero-order valence-electron chi connectivity index (χ0n) is 32.7. The Labute approximate surface area is 301 Å². The molecule has 6 rings (SSSR count).